The Morgan fingerprint density at radius 3 is 2.75 bits per heavy atom. The summed E-state index contributed by atoms with van der Waals surface area (Å²) in [5.41, 5.74) is 0. The first kappa shape index (κ1) is 15.7. The first-order valence-corrected chi connectivity index (χ1v) is 8.82. The number of benzene rings is 1. The van der Waals surface area contributed by atoms with Gasteiger partial charge in [-0.2, -0.15) is 0 Å². The molecule has 0 saturated heterocycles. The predicted octanol–water partition coefficient (Wildman–Crippen LogP) is 4.35. The molecule has 0 heterocycles. The summed E-state index contributed by atoms with van der Waals surface area (Å²) in [5.74, 6) is 3.04. The zero-order valence-electron chi connectivity index (χ0n) is 12.7. The Balaban J connectivity index is 1.71. The molecule has 2 rings (SSSR count). The molecule has 0 radical (unpaired) electrons. The fraction of sp³-hybridized carbons (Fsp3) is 0.647. The van der Waals surface area contributed by atoms with Crippen LogP contribution in [0.4, 0.5) is 0 Å². The summed E-state index contributed by atoms with van der Waals surface area (Å²) < 4.78 is 5.19. The van der Waals surface area contributed by atoms with E-state index in [9.17, 15) is 0 Å². The number of hydrogen-bond acceptors (Lipinski definition) is 3. The lowest BCUT2D eigenvalue weighted by Crippen LogP contribution is -2.33. The average Bonchev–Trinajstić information content (AvgIpc) is 2.93. The van der Waals surface area contributed by atoms with Crippen LogP contribution in [0.1, 0.15) is 39.0 Å². The molecule has 0 amide bonds. The van der Waals surface area contributed by atoms with Gasteiger partial charge in [-0.3, -0.25) is 0 Å². The molecule has 0 bridgehead atoms. The molecule has 0 spiro atoms. The summed E-state index contributed by atoms with van der Waals surface area (Å²) in [6, 6.07) is 9.18. The summed E-state index contributed by atoms with van der Waals surface area (Å²) in [5, 5.41) is 3.72. The quantitative estimate of drug-likeness (QED) is 0.720. The third kappa shape index (κ3) is 4.71. The summed E-state index contributed by atoms with van der Waals surface area (Å²) in [7, 11) is 1.71. The van der Waals surface area contributed by atoms with Crippen LogP contribution in [0.3, 0.4) is 0 Å². The smallest absolute Gasteiger partial charge is 0.118 e. The van der Waals surface area contributed by atoms with Crippen LogP contribution >= 0.6 is 11.8 Å². The van der Waals surface area contributed by atoms with Crippen LogP contribution in [-0.2, 0) is 0 Å². The van der Waals surface area contributed by atoms with Crippen molar-refractivity contribution in [2.45, 2.75) is 50.0 Å². The lowest BCUT2D eigenvalue weighted by atomic mass is 10.0. The van der Waals surface area contributed by atoms with E-state index in [1.54, 1.807) is 7.11 Å². The number of hydrogen-bond donors (Lipinski definition) is 1. The van der Waals surface area contributed by atoms with Crippen LogP contribution in [0.2, 0.25) is 0 Å². The molecule has 2 nitrogen and oxygen atoms in total. The Labute approximate surface area is 127 Å². The van der Waals surface area contributed by atoms with Gasteiger partial charge in [-0.15, -0.1) is 11.8 Å². The molecule has 1 fully saturated rings. The number of methoxy groups -OCH3 is 1. The summed E-state index contributed by atoms with van der Waals surface area (Å²) >= 11 is 1.97. The molecule has 1 aliphatic rings. The van der Waals surface area contributed by atoms with Crippen LogP contribution in [0.15, 0.2) is 29.2 Å². The second-order valence-corrected chi connectivity index (χ2v) is 6.73. The van der Waals surface area contributed by atoms with Crippen LogP contribution in [0.25, 0.3) is 0 Å². The van der Waals surface area contributed by atoms with Gasteiger partial charge in [0.05, 0.1) is 7.11 Å². The minimum absolute atomic E-state index is 0.770. The summed E-state index contributed by atoms with van der Waals surface area (Å²) in [4.78, 5) is 1.35. The molecule has 3 heteroatoms. The Hall–Kier alpha value is -0.670. The van der Waals surface area contributed by atoms with Crippen molar-refractivity contribution in [3.63, 3.8) is 0 Å². The van der Waals surface area contributed by atoms with E-state index >= 15 is 0 Å². The molecule has 1 N–H and O–H groups in total. The molecule has 0 aliphatic heterocycles. The number of rotatable bonds is 8. The van der Waals surface area contributed by atoms with E-state index in [2.05, 4.69) is 24.4 Å². The maximum Gasteiger partial charge on any atom is 0.118 e. The van der Waals surface area contributed by atoms with E-state index in [0.29, 0.717) is 0 Å². The van der Waals surface area contributed by atoms with Crippen LogP contribution in [0.5, 0.6) is 5.75 Å². The Kier molecular flexibility index (Phi) is 6.74. The highest BCUT2D eigenvalue weighted by molar-refractivity contribution is 7.99. The molecule has 1 aromatic rings. The summed E-state index contributed by atoms with van der Waals surface area (Å²) in [6.45, 7) is 3.42. The zero-order chi connectivity index (χ0) is 14.2. The highest BCUT2D eigenvalue weighted by atomic mass is 32.2. The first-order valence-electron chi connectivity index (χ1n) is 7.83. The molecule has 1 aliphatic carbocycles. The normalized spacial score (nSPS) is 22.1. The highest BCUT2D eigenvalue weighted by Gasteiger charge is 2.25. The molecule has 112 valence electrons. The minimum atomic E-state index is 0.770. The molecule has 2 atom stereocenters. The van der Waals surface area contributed by atoms with Gasteiger partial charge in [-0.05, 0) is 68.2 Å². The van der Waals surface area contributed by atoms with Gasteiger partial charge < -0.3 is 10.1 Å². The van der Waals surface area contributed by atoms with Crippen molar-refractivity contribution < 1.29 is 4.74 Å². The van der Waals surface area contributed by atoms with Crippen molar-refractivity contribution in [1.29, 1.82) is 0 Å². The molecule has 1 aromatic carbocycles. The van der Waals surface area contributed by atoms with Gasteiger partial charge >= 0.3 is 0 Å². The van der Waals surface area contributed by atoms with Crippen LogP contribution < -0.4 is 10.1 Å². The Morgan fingerprint density at radius 2 is 2.05 bits per heavy atom. The molecular weight excluding hydrogens is 266 g/mol. The highest BCUT2D eigenvalue weighted by Crippen LogP contribution is 2.31. The zero-order valence-corrected chi connectivity index (χ0v) is 13.5. The fourth-order valence-electron chi connectivity index (χ4n) is 2.98. The van der Waals surface area contributed by atoms with Gasteiger partial charge in [0, 0.05) is 10.9 Å². The SMILES string of the molecule is CCCNC1CCCC1CCSc1ccc(OC)cc1. The first-order chi connectivity index (χ1) is 9.83. The van der Waals surface area contributed by atoms with E-state index in [1.165, 1.54) is 49.3 Å². The second-order valence-electron chi connectivity index (χ2n) is 5.56. The van der Waals surface area contributed by atoms with E-state index in [-0.39, 0.29) is 0 Å². The van der Waals surface area contributed by atoms with Gasteiger partial charge in [0.25, 0.3) is 0 Å². The number of thioether (sulfide) groups is 1. The van der Waals surface area contributed by atoms with E-state index < -0.39 is 0 Å². The van der Waals surface area contributed by atoms with Crippen LogP contribution in [0, 0.1) is 5.92 Å². The standard InChI is InChI=1S/C17H27NOS/c1-3-12-18-17-6-4-5-14(17)11-13-20-16-9-7-15(19-2)8-10-16/h7-10,14,17-18H,3-6,11-13H2,1-2H3. The van der Waals surface area contributed by atoms with Gasteiger partial charge in [0.15, 0.2) is 0 Å². The Bertz CT molecular complexity index is 379. The van der Waals surface area contributed by atoms with Gasteiger partial charge in [-0.1, -0.05) is 13.3 Å². The summed E-state index contributed by atoms with van der Waals surface area (Å²) in [6.07, 6.45) is 6.75. The fourth-order valence-corrected chi connectivity index (χ4v) is 3.97. The van der Waals surface area contributed by atoms with Crippen molar-refractivity contribution in [3.8, 4) is 5.75 Å². The monoisotopic (exact) mass is 293 g/mol. The number of ether oxygens (including phenoxy) is 1. The molecule has 1 saturated carbocycles. The third-order valence-electron chi connectivity index (χ3n) is 4.13. The Morgan fingerprint density at radius 1 is 1.25 bits per heavy atom. The maximum absolute atomic E-state index is 5.19. The largest absolute Gasteiger partial charge is 0.497 e. The lowest BCUT2D eigenvalue weighted by Gasteiger charge is -2.20. The van der Waals surface area contributed by atoms with Crippen molar-refractivity contribution in [1.82, 2.24) is 5.32 Å². The van der Waals surface area contributed by atoms with E-state index in [1.807, 2.05) is 23.9 Å². The van der Waals surface area contributed by atoms with Crippen LogP contribution in [-0.4, -0.2) is 25.4 Å². The molecule has 2 unspecified atom stereocenters. The van der Waals surface area contributed by atoms with Crippen molar-refractivity contribution in [2.24, 2.45) is 5.92 Å². The van der Waals surface area contributed by atoms with E-state index in [0.717, 1.165) is 17.7 Å². The van der Waals surface area contributed by atoms with Crippen molar-refractivity contribution in [3.05, 3.63) is 24.3 Å². The maximum atomic E-state index is 5.19. The predicted molar refractivity (Wildman–Crippen MR) is 87.8 cm³/mol. The third-order valence-corrected chi connectivity index (χ3v) is 5.18. The topological polar surface area (TPSA) is 21.3 Å². The van der Waals surface area contributed by atoms with Gasteiger partial charge in [-0.25, -0.2) is 0 Å². The number of nitrogens with one attached hydrogen (secondary N) is 1. The molecule has 0 aromatic heterocycles. The molecular formula is C17H27NOS. The second kappa shape index (κ2) is 8.58. The minimum Gasteiger partial charge on any atom is -0.497 e. The van der Waals surface area contributed by atoms with Crippen molar-refractivity contribution in [2.75, 3.05) is 19.4 Å². The lowest BCUT2D eigenvalue weighted by molar-refractivity contribution is 0.393. The average molecular weight is 293 g/mol. The van der Waals surface area contributed by atoms with Crippen molar-refractivity contribution >= 4 is 11.8 Å². The van der Waals surface area contributed by atoms with E-state index in [4.69, 9.17) is 4.74 Å². The van der Waals surface area contributed by atoms with Gasteiger partial charge in [0.1, 0.15) is 5.75 Å². The molecule has 20 heavy (non-hydrogen) atoms. The van der Waals surface area contributed by atoms with Gasteiger partial charge in [0.2, 0.25) is 0 Å².